The van der Waals surface area contributed by atoms with Crippen LogP contribution in [0, 0.1) is 6.92 Å². The summed E-state index contributed by atoms with van der Waals surface area (Å²) >= 11 is 0. The van der Waals surface area contributed by atoms with Crippen LogP contribution in [0.1, 0.15) is 21.5 Å². The molecule has 1 heterocycles. The fraction of sp³-hybridized carbons (Fsp3) is 0.200. The van der Waals surface area contributed by atoms with E-state index < -0.39 is 5.97 Å². The van der Waals surface area contributed by atoms with Crippen molar-refractivity contribution in [2.45, 2.75) is 13.3 Å². The van der Waals surface area contributed by atoms with Crippen LogP contribution < -0.4 is 11.1 Å². The summed E-state index contributed by atoms with van der Waals surface area (Å²) in [5.74, 6) is -0.532. The van der Waals surface area contributed by atoms with Crippen LogP contribution in [0.5, 0.6) is 0 Å². The van der Waals surface area contributed by atoms with Crippen molar-refractivity contribution in [2.24, 2.45) is 0 Å². The summed E-state index contributed by atoms with van der Waals surface area (Å²) in [6, 6.07) is 9.72. The molecule has 5 heteroatoms. The van der Waals surface area contributed by atoms with E-state index in [9.17, 15) is 4.79 Å². The van der Waals surface area contributed by atoms with E-state index in [1.807, 2.05) is 6.07 Å². The highest BCUT2D eigenvalue weighted by atomic mass is 16.4. The second-order valence-corrected chi connectivity index (χ2v) is 4.63. The lowest BCUT2D eigenvalue weighted by Gasteiger charge is -2.08. The molecular formula is C15H17N3O2. The van der Waals surface area contributed by atoms with Gasteiger partial charge in [0, 0.05) is 6.54 Å². The first-order valence-corrected chi connectivity index (χ1v) is 6.34. The van der Waals surface area contributed by atoms with E-state index in [1.54, 1.807) is 0 Å². The molecule has 1 aromatic carbocycles. The lowest BCUT2D eigenvalue weighted by atomic mass is 10.1. The maximum atomic E-state index is 11.0. The van der Waals surface area contributed by atoms with Gasteiger partial charge in [-0.3, -0.25) is 0 Å². The summed E-state index contributed by atoms with van der Waals surface area (Å²) in [4.78, 5) is 15.0. The number of aromatic nitrogens is 1. The number of nitrogens with zero attached hydrogens (tertiary/aromatic N) is 1. The number of anilines is 2. The third-order valence-corrected chi connectivity index (χ3v) is 2.97. The number of carboxylic acid groups (broad SMARTS) is 1. The van der Waals surface area contributed by atoms with Gasteiger partial charge in [0.1, 0.15) is 5.82 Å². The molecule has 0 aliphatic heterocycles. The Bertz CT molecular complexity index is 626. The average molecular weight is 271 g/mol. The number of hydrogen-bond acceptors (Lipinski definition) is 4. The molecule has 0 atom stereocenters. The van der Waals surface area contributed by atoms with E-state index >= 15 is 0 Å². The lowest BCUT2D eigenvalue weighted by molar-refractivity contribution is 0.0698. The SMILES string of the molecule is Cc1cccc(CCNc2cc(C(=O)O)c(N)cn2)c1. The Morgan fingerprint density at radius 1 is 1.40 bits per heavy atom. The van der Waals surface area contributed by atoms with Gasteiger partial charge >= 0.3 is 5.97 Å². The van der Waals surface area contributed by atoms with Gasteiger partial charge in [-0.25, -0.2) is 9.78 Å². The Kier molecular flexibility index (Phi) is 4.20. The number of carbonyl (C=O) groups is 1. The van der Waals surface area contributed by atoms with Crippen molar-refractivity contribution in [2.75, 3.05) is 17.6 Å². The zero-order valence-corrected chi connectivity index (χ0v) is 11.3. The fourth-order valence-electron chi connectivity index (χ4n) is 1.95. The monoisotopic (exact) mass is 271 g/mol. The number of nitrogens with two attached hydrogens (primary N) is 1. The number of pyridine rings is 1. The minimum Gasteiger partial charge on any atom is -0.478 e. The molecule has 0 aliphatic carbocycles. The molecule has 0 aliphatic rings. The molecular weight excluding hydrogens is 254 g/mol. The van der Waals surface area contributed by atoms with E-state index in [0.717, 1.165) is 6.42 Å². The van der Waals surface area contributed by atoms with Crippen LogP contribution in [-0.4, -0.2) is 22.6 Å². The van der Waals surface area contributed by atoms with Crippen LogP contribution >= 0.6 is 0 Å². The molecule has 104 valence electrons. The second kappa shape index (κ2) is 6.06. The molecule has 0 saturated heterocycles. The number of aromatic carboxylic acids is 1. The van der Waals surface area contributed by atoms with Gasteiger partial charge in [-0.05, 0) is 25.0 Å². The Hall–Kier alpha value is -2.56. The number of rotatable bonds is 5. The topological polar surface area (TPSA) is 88.2 Å². The molecule has 5 nitrogen and oxygen atoms in total. The fourth-order valence-corrected chi connectivity index (χ4v) is 1.95. The maximum absolute atomic E-state index is 11.0. The normalized spacial score (nSPS) is 10.2. The van der Waals surface area contributed by atoms with E-state index in [2.05, 4.69) is 35.4 Å². The number of aryl methyl sites for hydroxylation is 1. The molecule has 20 heavy (non-hydrogen) atoms. The van der Waals surface area contributed by atoms with Crippen molar-refractivity contribution < 1.29 is 9.90 Å². The molecule has 0 fully saturated rings. The third kappa shape index (κ3) is 3.47. The minimum absolute atomic E-state index is 0.0676. The molecule has 0 radical (unpaired) electrons. The predicted molar refractivity (Wildman–Crippen MR) is 79.0 cm³/mol. The molecule has 4 N–H and O–H groups in total. The van der Waals surface area contributed by atoms with Gasteiger partial charge in [0.2, 0.25) is 0 Å². The van der Waals surface area contributed by atoms with Crippen molar-refractivity contribution in [3.05, 3.63) is 53.2 Å². The number of hydrogen-bond donors (Lipinski definition) is 3. The Labute approximate surface area is 117 Å². The zero-order chi connectivity index (χ0) is 14.5. The van der Waals surface area contributed by atoms with Gasteiger partial charge in [-0.1, -0.05) is 29.8 Å². The van der Waals surface area contributed by atoms with Crippen LogP contribution in [0.4, 0.5) is 11.5 Å². The van der Waals surface area contributed by atoms with E-state index in [0.29, 0.717) is 12.4 Å². The number of nitrogen functional groups attached to an aromatic ring is 1. The molecule has 2 aromatic rings. The zero-order valence-electron chi connectivity index (χ0n) is 11.3. The Balaban J connectivity index is 1.97. The minimum atomic E-state index is -1.05. The summed E-state index contributed by atoms with van der Waals surface area (Å²) in [7, 11) is 0. The molecule has 0 saturated carbocycles. The maximum Gasteiger partial charge on any atom is 0.337 e. The number of nitrogens with one attached hydrogen (secondary N) is 1. The second-order valence-electron chi connectivity index (χ2n) is 4.63. The van der Waals surface area contributed by atoms with Gasteiger partial charge in [-0.2, -0.15) is 0 Å². The van der Waals surface area contributed by atoms with Crippen molar-refractivity contribution in [3.8, 4) is 0 Å². The summed E-state index contributed by atoms with van der Waals surface area (Å²) in [6.45, 7) is 2.73. The first-order valence-electron chi connectivity index (χ1n) is 6.34. The Morgan fingerprint density at radius 2 is 2.20 bits per heavy atom. The highest BCUT2D eigenvalue weighted by Crippen LogP contribution is 2.14. The van der Waals surface area contributed by atoms with E-state index in [4.69, 9.17) is 10.8 Å². The smallest absolute Gasteiger partial charge is 0.337 e. The summed E-state index contributed by atoms with van der Waals surface area (Å²) < 4.78 is 0. The van der Waals surface area contributed by atoms with Gasteiger partial charge < -0.3 is 16.2 Å². The molecule has 1 aromatic heterocycles. The molecule has 0 spiro atoms. The van der Waals surface area contributed by atoms with Crippen LogP contribution in [0.15, 0.2) is 36.5 Å². The quantitative estimate of drug-likeness (QED) is 0.776. The highest BCUT2D eigenvalue weighted by Gasteiger charge is 2.09. The third-order valence-electron chi connectivity index (χ3n) is 2.97. The van der Waals surface area contributed by atoms with E-state index in [-0.39, 0.29) is 11.3 Å². The lowest BCUT2D eigenvalue weighted by Crippen LogP contribution is -2.09. The largest absolute Gasteiger partial charge is 0.478 e. The summed E-state index contributed by atoms with van der Waals surface area (Å²) in [5.41, 5.74) is 8.24. The summed E-state index contributed by atoms with van der Waals surface area (Å²) in [6.07, 6.45) is 2.20. The van der Waals surface area contributed by atoms with Crippen molar-refractivity contribution in [1.29, 1.82) is 0 Å². The number of benzene rings is 1. The number of carboxylic acids is 1. The predicted octanol–water partition coefficient (Wildman–Crippen LogP) is 2.33. The van der Waals surface area contributed by atoms with Gasteiger partial charge in [0.15, 0.2) is 0 Å². The molecule has 0 bridgehead atoms. The van der Waals surface area contributed by atoms with Crippen LogP contribution in [-0.2, 0) is 6.42 Å². The van der Waals surface area contributed by atoms with E-state index in [1.165, 1.54) is 23.4 Å². The van der Waals surface area contributed by atoms with Gasteiger partial charge in [0.25, 0.3) is 0 Å². The Morgan fingerprint density at radius 3 is 2.90 bits per heavy atom. The summed E-state index contributed by atoms with van der Waals surface area (Å²) in [5, 5.41) is 12.1. The van der Waals surface area contributed by atoms with Gasteiger partial charge in [0.05, 0.1) is 17.4 Å². The first kappa shape index (κ1) is 13.9. The first-order chi connectivity index (χ1) is 9.56. The van der Waals surface area contributed by atoms with Crippen LogP contribution in [0.3, 0.4) is 0 Å². The van der Waals surface area contributed by atoms with Crippen LogP contribution in [0.25, 0.3) is 0 Å². The van der Waals surface area contributed by atoms with Crippen LogP contribution in [0.2, 0.25) is 0 Å². The van der Waals surface area contributed by atoms with Crippen molar-refractivity contribution in [1.82, 2.24) is 4.98 Å². The van der Waals surface area contributed by atoms with Crippen molar-refractivity contribution in [3.63, 3.8) is 0 Å². The molecule has 0 unspecified atom stereocenters. The van der Waals surface area contributed by atoms with Gasteiger partial charge in [-0.15, -0.1) is 0 Å². The highest BCUT2D eigenvalue weighted by molar-refractivity contribution is 5.94. The standard InChI is InChI=1S/C15H17N3O2/c1-10-3-2-4-11(7-10)5-6-17-14-8-12(15(19)20)13(16)9-18-14/h2-4,7-9H,5-6,16H2,1H3,(H,17,18)(H,19,20). The average Bonchev–Trinajstić information content (AvgIpc) is 2.40. The molecule has 2 rings (SSSR count). The molecule has 0 amide bonds. The van der Waals surface area contributed by atoms with Crippen molar-refractivity contribution >= 4 is 17.5 Å².